The largest absolute Gasteiger partial charge is 0.304 e. The number of aryl methyl sites for hydroxylation is 2. The Bertz CT molecular complexity index is 327. The minimum atomic E-state index is 1.03. The fraction of sp³-hybridized carbons (Fsp3) is 0.727. The van der Waals surface area contributed by atoms with Gasteiger partial charge in [-0.2, -0.15) is 0 Å². The van der Waals surface area contributed by atoms with Gasteiger partial charge in [0.25, 0.3) is 0 Å². The highest BCUT2D eigenvalue weighted by atomic mass is 32.1. The molecule has 0 aromatic carbocycles. The Balaban J connectivity index is 1.94. The quantitative estimate of drug-likeness (QED) is 0.760. The Morgan fingerprint density at radius 1 is 1.20 bits per heavy atom. The molecule has 0 bridgehead atoms. The molecule has 1 fully saturated rings. The summed E-state index contributed by atoms with van der Waals surface area (Å²) in [6.07, 6.45) is 0. The maximum absolute atomic E-state index is 4.59. The van der Waals surface area contributed by atoms with E-state index >= 15 is 0 Å². The van der Waals surface area contributed by atoms with E-state index in [1.54, 1.807) is 0 Å². The van der Waals surface area contributed by atoms with Gasteiger partial charge in [-0.15, -0.1) is 11.3 Å². The number of hydrogen-bond donors (Lipinski definition) is 0. The highest BCUT2D eigenvalue weighted by molar-refractivity contribution is 7.11. The van der Waals surface area contributed by atoms with Crippen molar-refractivity contribution in [1.82, 2.24) is 14.8 Å². The van der Waals surface area contributed by atoms with Gasteiger partial charge in [-0.05, 0) is 20.9 Å². The summed E-state index contributed by atoms with van der Waals surface area (Å²) in [5.41, 5.74) is 1.28. The first-order valence-electron chi connectivity index (χ1n) is 5.49. The first kappa shape index (κ1) is 11.0. The van der Waals surface area contributed by atoms with Crippen molar-refractivity contribution >= 4 is 11.3 Å². The molecule has 4 heteroatoms. The SMILES string of the molecule is Cc1nc(CN2CCN(C)CC2)c(C)s1. The van der Waals surface area contributed by atoms with Crippen molar-refractivity contribution in [3.63, 3.8) is 0 Å². The molecule has 0 amide bonds. The van der Waals surface area contributed by atoms with E-state index in [2.05, 4.69) is 35.7 Å². The predicted octanol–water partition coefficient (Wildman–Crippen LogP) is 1.51. The summed E-state index contributed by atoms with van der Waals surface area (Å²) < 4.78 is 0. The smallest absolute Gasteiger partial charge is 0.0900 e. The molecular weight excluding hydrogens is 206 g/mol. The van der Waals surface area contributed by atoms with Gasteiger partial charge in [-0.25, -0.2) is 4.98 Å². The maximum atomic E-state index is 4.59. The molecule has 15 heavy (non-hydrogen) atoms. The van der Waals surface area contributed by atoms with E-state index in [1.807, 2.05) is 11.3 Å². The van der Waals surface area contributed by atoms with E-state index in [4.69, 9.17) is 0 Å². The van der Waals surface area contributed by atoms with E-state index in [0.29, 0.717) is 0 Å². The monoisotopic (exact) mass is 225 g/mol. The van der Waals surface area contributed by atoms with E-state index in [9.17, 15) is 0 Å². The molecule has 3 nitrogen and oxygen atoms in total. The average Bonchev–Trinajstić information content (AvgIpc) is 2.49. The number of nitrogens with zero attached hydrogens (tertiary/aromatic N) is 3. The maximum Gasteiger partial charge on any atom is 0.0900 e. The summed E-state index contributed by atoms with van der Waals surface area (Å²) in [6, 6.07) is 0. The van der Waals surface area contributed by atoms with Gasteiger partial charge in [0, 0.05) is 37.6 Å². The van der Waals surface area contributed by atoms with Gasteiger partial charge in [0.15, 0.2) is 0 Å². The zero-order chi connectivity index (χ0) is 10.8. The third-order valence-corrected chi connectivity index (χ3v) is 3.90. The summed E-state index contributed by atoms with van der Waals surface area (Å²) in [5, 5.41) is 1.19. The van der Waals surface area contributed by atoms with Crippen LogP contribution in [0, 0.1) is 13.8 Å². The Kier molecular flexibility index (Phi) is 3.38. The van der Waals surface area contributed by atoms with Gasteiger partial charge in [-0.3, -0.25) is 4.90 Å². The fourth-order valence-corrected chi connectivity index (χ4v) is 2.76. The first-order valence-corrected chi connectivity index (χ1v) is 6.30. The number of likely N-dealkylation sites (N-methyl/N-ethyl adjacent to an activating group) is 1. The van der Waals surface area contributed by atoms with Crippen LogP contribution in [0.1, 0.15) is 15.6 Å². The Morgan fingerprint density at radius 3 is 2.40 bits per heavy atom. The van der Waals surface area contributed by atoms with Gasteiger partial charge in [0.1, 0.15) is 0 Å². The topological polar surface area (TPSA) is 19.4 Å². The molecule has 0 unspecified atom stereocenters. The van der Waals surface area contributed by atoms with Crippen molar-refractivity contribution in [3.8, 4) is 0 Å². The number of thiazole rings is 1. The molecule has 1 saturated heterocycles. The highest BCUT2D eigenvalue weighted by Gasteiger charge is 2.16. The molecule has 1 aromatic heterocycles. The van der Waals surface area contributed by atoms with Gasteiger partial charge >= 0.3 is 0 Å². The van der Waals surface area contributed by atoms with Crippen molar-refractivity contribution < 1.29 is 0 Å². The lowest BCUT2D eigenvalue weighted by Gasteiger charge is -2.31. The van der Waals surface area contributed by atoms with Crippen molar-refractivity contribution in [3.05, 3.63) is 15.6 Å². The molecule has 1 aromatic rings. The molecule has 2 rings (SSSR count). The second-order valence-electron chi connectivity index (χ2n) is 4.32. The van der Waals surface area contributed by atoms with Crippen LogP contribution < -0.4 is 0 Å². The molecule has 1 aliphatic heterocycles. The third kappa shape index (κ3) is 2.77. The molecular formula is C11H19N3S. The predicted molar refractivity (Wildman–Crippen MR) is 64.4 cm³/mol. The van der Waals surface area contributed by atoms with Crippen LogP contribution in [0.4, 0.5) is 0 Å². The Morgan fingerprint density at radius 2 is 1.87 bits per heavy atom. The Hall–Kier alpha value is -0.450. The lowest BCUT2D eigenvalue weighted by molar-refractivity contribution is 0.147. The van der Waals surface area contributed by atoms with Crippen LogP contribution in [0.15, 0.2) is 0 Å². The number of aromatic nitrogens is 1. The average molecular weight is 225 g/mol. The second-order valence-corrected chi connectivity index (χ2v) is 5.72. The molecule has 0 saturated carbocycles. The van der Waals surface area contributed by atoms with E-state index in [0.717, 1.165) is 6.54 Å². The van der Waals surface area contributed by atoms with Crippen LogP contribution in [-0.2, 0) is 6.54 Å². The van der Waals surface area contributed by atoms with Gasteiger partial charge in [-0.1, -0.05) is 0 Å². The summed E-state index contributed by atoms with van der Waals surface area (Å²) in [7, 11) is 2.19. The molecule has 0 radical (unpaired) electrons. The number of hydrogen-bond acceptors (Lipinski definition) is 4. The standard InChI is InChI=1S/C11H19N3S/c1-9-11(12-10(2)15-9)8-14-6-4-13(3)5-7-14/h4-8H2,1-3H3. The zero-order valence-corrected chi connectivity index (χ0v) is 10.6. The fourth-order valence-electron chi connectivity index (χ4n) is 1.94. The van der Waals surface area contributed by atoms with Crippen molar-refractivity contribution in [2.75, 3.05) is 33.2 Å². The third-order valence-electron chi connectivity index (χ3n) is 2.97. The molecule has 0 spiro atoms. The van der Waals surface area contributed by atoms with Gasteiger partial charge < -0.3 is 4.90 Å². The van der Waals surface area contributed by atoms with E-state index in [1.165, 1.54) is 41.8 Å². The lowest BCUT2D eigenvalue weighted by atomic mass is 10.3. The van der Waals surface area contributed by atoms with Crippen LogP contribution in [-0.4, -0.2) is 48.0 Å². The summed E-state index contributed by atoms with van der Waals surface area (Å²) in [6.45, 7) is 10.0. The molecule has 0 N–H and O–H groups in total. The lowest BCUT2D eigenvalue weighted by Crippen LogP contribution is -2.44. The second kappa shape index (κ2) is 4.60. The van der Waals surface area contributed by atoms with Crippen molar-refractivity contribution in [2.24, 2.45) is 0 Å². The minimum Gasteiger partial charge on any atom is -0.304 e. The normalized spacial score (nSPS) is 19.7. The van der Waals surface area contributed by atoms with Crippen molar-refractivity contribution in [2.45, 2.75) is 20.4 Å². The molecule has 1 aliphatic rings. The Labute approximate surface area is 95.7 Å². The zero-order valence-electron chi connectivity index (χ0n) is 9.79. The molecule has 84 valence electrons. The highest BCUT2D eigenvalue weighted by Crippen LogP contribution is 2.18. The summed E-state index contributed by atoms with van der Waals surface area (Å²) in [4.78, 5) is 10.9. The minimum absolute atomic E-state index is 1.03. The van der Waals surface area contributed by atoms with Crippen LogP contribution in [0.5, 0.6) is 0 Å². The summed E-state index contributed by atoms with van der Waals surface area (Å²) in [5.74, 6) is 0. The van der Waals surface area contributed by atoms with E-state index < -0.39 is 0 Å². The van der Waals surface area contributed by atoms with Crippen LogP contribution >= 0.6 is 11.3 Å². The number of rotatable bonds is 2. The number of piperazine rings is 1. The van der Waals surface area contributed by atoms with Crippen LogP contribution in [0.3, 0.4) is 0 Å². The summed E-state index contributed by atoms with van der Waals surface area (Å²) >= 11 is 1.81. The van der Waals surface area contributed by atoms with Crippen LogP contribution in [0.25, 0.3) is 0 Å². The molecule has 0 atom stereocenters. The van der Waals surface area contributed by atoms with Gasteiger partial charge in [0.2, 0.25) is 0 Å². The molecule has 2 heterocycles. The van der Waals surface area contributed by atoms with Crippen molar-refractivity contribution in [1.29, 1.82) is 0 Å². The molecule has 0 aliphatic carbocycles. The first-order chi connectivity index (χ1) is 7.15. The van der Waals surface area contributed by atoms with Crippen LogP contribution in [0.2, 0.25) is 0 Å². The van der Waals surface area contributed by atoms with Gasteiger partial charge in [0.05, 0.1) is 10.7 Å². The van der Waals surface area contributed by atoms with E-state index in [-0.39, 0.29) is 0 Å².